The summed E-state index contributed by atoms with van der Waals surface area (Å²) in [4.78, 5) is 15.6. The average molecular weight is 412 g/mol. The zero-order valence-corrected chi connectivity index (χ0v) is 17.8. The van der Waals surface area contributed by atoms with Crippen molar-refractivity contribution in [2.75, 3.05) is 6.54 Å². The van der Waals surface area contributed by atoms with Crippen LogP contribution in [0.4, 0.5) is 0 Å². The van der Waals surface area contributed by atoms with Gasteiger partial charge in [0, 0.05) is 43.0 Å². The van der Waals surface area contributed by atoms with E-state index < -0.39 is 0 Å². The van der Waals surface area contributed by atoms with Gasteiger partial charge >= 0.3 is 0 Å². The quantitative estimate of drug-likeness (QED) is 0.642. The molecule has 1 aliphatic heterocycles. The molecule has 6 heteroatoms. The number of halogens is 1. The van der Waals surface area contributed by atoms with Gasteiger partial charge in [-0.3, -0.25) is 14.4 Å². The van der Waals surface area contributed by atoms with Crippen LogP contribution in [0.25, 0.3) is 5.69 Å². The fraction of sp³-hybridized carbons (Fsp3) is 0.348. The molecule has 2 heterocycles. The molecule has 0 spiro atoms. The van der Waals surface area contributed by atoms with Crippen LogP contribution >= 0.6 is 11.6 Å². The van der Waals surface area contributed by atoms with E-state index in [0.717, 1.165) is 47.8 Å². The topological polar surface area (TPSA) is 39.4 Å². The van der Waals surface area contributed by atoms with Crippen molar-refractivity contribution in [3.8, 4) is 11.4 Å². The summed E-state index contributed by atoms with van der Waals surface area (Å²) >= 11 is 6.17. The van der Waals surface area contributed by atoms with E-state index in [1.807, 2.05) is 67.2 Å². The van der Waals surface area contributed by atoms with Crippen molar-refractivity contribution in [2.24, 2.45) is 7.05 Å². The first-order valence-electron chi connectivity index (χ1n) is 9.98. The molecule has 4 rings (SSSR count). The number of fused-ring (bicyclic) bond motifs is 1. The Balaban J connectivity index is 1.68. The zero-order chi connectivity index (χ0) is 20.5. The number of benzene rings is 2. The van der Waals surface area contributed by atoms with Crippen LogP contribution in [0.5, 0.6) is 5.75 Å². The molecule has 0 amide bonds. The Morgan fingerprint density at radius 3 is 2.66 bits per heavy atom. The van der Waals surface area contributed by atoms with E-state index in [-0.39, 0.29) is 11.7 Å². The van der Waals surface area contributed by atoms with Gasteiger partial charge in [-0.2, -0.15) is 0 Å². The number of rotatable bonds is 4. The molecular formula is C23H26ClN3O2. The van der Waals surface area contributed by atoms with Gasteiger partial charge in [-0.15, -0.1) is 0 Å². The maximum absolute atomic E-state index is 13.3. The Bertz CT molecular complexity index is 1070. The fourth-order valence-corrected chi connectivity index (χ4v) is 4.10. The first-order chi connectivity index (χ1) is 14.0. The van der Waals surface area contributed by atoms with E-state index in [4.69, 9.17) is 16.3 Å². The highest BCUT2D eigenvalue weighted by molar-refractivity contribution is 6.30. The van der Waals surface area contributed by atoms with Crippen LogP contribution in [0, 0.1) is 6.92 Å². The lowest BCUT2D eigenvalue weighted by atomic mass is 10.1. The van der Waals surface area contributed by atoms with Crippen LogP contribution in [0.3, 0.4) is 0 Å². The molecule has 0 saturated carbocycles. The second kappa shape index (κ2) is 8.09. The third-order valence-electron chi connectivity index (χ3n) is 5.69. The number of para-hydroxylation sites is 1. The highest BCUT2D eigenvalue weighted by atomic mass is 35.5. The van der Waals surface area contributed by atoms with Crippen molar-refractivity contribution in [2.45, 2.75) is 39.5 Å². The van der Waals surface area contributed by atoms with Crippen LogP contribution in [0.15, 0.2) is 53.3 Å². The first kappa shape index (κ1) is 19.8. The Morgan fingerprint density at radius 1 is 1.17 bits per heavy atom. The maximum Gasteiger partial charge on any atom is 0.276 e. The Labute approximate surface area is 176 Å². The fourth-order valence-electron chi connectivity index (χ4n) is 3.94. The molecule has 1 aliphatic rings. The van der Waals surface area contributed by atoms with E-state index in [0.29, 0.717) is 11.6 Å². The van der Waals surface area contributed by atoms with Crippen molar-refractivity contribution >= 4 is 11.6 Å². The van der Waals surface area contributed by atoms with Gasteiger partial charge in [-0.25, -0.2) is 4.68 Å². The van der Waals surface area contributed by atoms with E-state index >= 15 is 0 Å². The second-order valence-corrected chi connectivity index (χ2v) is 8.05. The van der Waals surface area contributed by atoms with Crippen molar-refractivity contribution < 1.29 is 4.74 Å². The smallest absolute Gasteiger partial charge is 0.276 e. The largest absolute Gasteiger partial charge is 0.489 e. The molecule has 3 aromatic rings. The van der Waals surface area contributed by atoms with Gasteiger partial charge in [0.1, 0.15) is 11.9 Å². The Hall–Kier alpha value is -2.50. The molecule has 152 valence electrons. The molecule has 1 atom stereocenters. The second-order valence-electron chi connectivity index (χ2n) is 7.61. The molecule has 2 aromatic carbocycles. The minimum atomic E-state index is 0.0331. The highest BCUT2D eigenvalue weighted by Gasteiger charge is 2.25. The van der Waals surface area contributed by atoms with E-state index in [2.05, 4.69) is 11.8 Å². The summed E-state index contributed by atoms with van der Waals surface area (Å²) < 4.78 is 9.88. The average Bonchev–Trinajstić information content (AvgIpc) is 2.85. The van der Waals surface area contributed by atoms with Crippen LogP contribution in [-0.2, 0) is 20.1 Å². The number of nitrogens with zero attached hydrogens (tertiary/aromatic N) is 3. The summed E-state index contributed by atoms with van der Waals surface area (Å²) in [6.07, 6.45) is 0.958. The van der Waals surface area contributed by atoms with Gasteiger partial charge in [0.2, 0.25) is 0 Å². The molecule has 0 bridgehead atoms. The molecular weight excluding hydrogens is 386 g/mol. The zero-order valence-electron chi connectivity index (χ0n) is 17.1. The minimum absolute atomic E-state index is 0.0331. The van der Waals surface area contributed by atoms with Crippen LogP contribution in [0.1, 0.15) is 30.2 Å². The summed E-state index contributed by atoms with van der Waals surface area (Å²) in [5.41, 5.74) is 3.81. The number of aromatic nitrogens is 2. The monoisotopic (exact) mass is 411 g/mol. The van der Waals surface area contributed by atoms with Crippen molar-refractivity contribution in [3.63, 3.8) is 0 Å². The van der Waals surface area contributed by atoms with Gasteiger partial charge in [-0.05, 0) is 37.6 Å². The molecule has 0 unspecified atom stereocenters. The number of hydrogen-bond acceptors (Lipinski definition) is 3. The lowest BCUT2D eigenvalue weighted by molar-refractivity contribution is 0.139. The maximum atomic E-state index is 13.3. The molecule has 0 fully saturated rings. The molecule has 29 heavy (non-hydrogen) atoms. The van der Waals surface area contributed by atoms with E-state index in [1.54, 1.807) is 4.68 Å². The van der Waals surface area contributed by atoms with Crippen LogP contribution in [-0.4, -0.2) is 26.9 Å². The summed E-state index contributed by atoms with van der Waals surface area (Å²) in [5.74, 6) is 0.846. The highest BCUT2D eigenvalue weighted by Crippen LogP contribution is 2.29. The SMILES string of the molecule is CC[C@@H]1CN(Cc2c(C)n(C)n(-c3ccccc3)c2=O)Cc2ccc(Cl)cc2O1. The predicted octanol–water partition coefficient (Wildman–Crippen LogP) is 4.31. The summed E-state index contributed by atoms with van der Waals surface area (Å²) in [6, 6.07) is 15.6. The Kier molecular flexibility index (Phi) is 5.52. The predicted molar refractivity (Wildman–Crippen MR) is 116 cm³/mol. The number of hydrogen-bond donors (Lipinski definition) is 0. The molecule has 0 aliphatic carbocycles. The van der Waals surface area contributed by atoms with Gasteiger partial charge in [0.15, 0.2) is 0 Å². The molecule has 1 aromatic heterocycles. The van der Waals surface area contributed by atoms with Gasteiger partial charge in [0.25, 0.3) is 5.56 Å². The number of ether oxygens (including phenoxy) is 1. The molecule has 0 N–H and O–H groups in total. The standard InChI is InChI=1S/C23H26ClN3O2/c1-4-20-14-26(13-17-10-11-18(24)12-22(17)29-20)15-21-16(2)25(3)27(23(21)28)19-8-6-5-7-9-19/h5-12,20H,4,13-15H2,1-3H3/t20-/m1/s1. The van der Waals surface area contributed by atoms with Crippen LogP contribution < -0.4 is 10.3 Å². The van der Waals surface area contributed by atoms with Gasteiger partial charge in [-0.1, -0.05) is 42.8 Å². The van der Waals surface area contributed by atoms with Gasteiger partial charge in [0.05, 0.1) is 11.3 Å². The summed E-state index contributed by atoms with van der Waals surface area (Å²) in [5, 5.41) is 0.678. The minimum Gasteiger partial charge on any atom is -0.489 e. The Morgan fingerprint density at radius 2 is 1.93 bits per heavy atom. The van der Waals surface area contributed by atoms with Crippen molar-refractivity contribution in [1.82, 2.24) is 14.3 Å². The van der Waals surface area contributed by atoms with Crippen molar-refractivity contribution in [1.29, 1.82) is 0 Å². The molecule has 0 radical (unpaired) electrons. The van der Waals surface area contributed by atoms with Crippen molar-refractivity contribution in [3.05, 3.63) is 80.7 Å². The lowest BCUT2D eigenvalue weighted by Crippen LogP contribution is -2.33. The van der Waals surface area contributed by atoms with Gasteiger partial charge < -0.3 is 4.74 Å². The lowest BCUT2D eigenvalue weighted by Gasteiger charge is -2.22. The summed E-state index contributed by atoms with van der Waals surface area (Å²) in [7, 11) is 1.94. The van der Waals surface area contributed by atoms with Crippen LogP contribution in [0.2, 0.25) is 5.02 Å². The first-order valence-corrected chi connectivity index (χ1v) is 10.4. The molecule has 0 saturated heterocycles. The van der Waals surface area contributed by atoms with E-state index in [1.165, 1.54) is 0 Å². The summed E-state index contributed by atoms with van der Waals surface area (Å²) in [6.45, 7) is 6.20. The third-order valence-corrected chi connectivity index (χ3v) is 5.92. The van der Waals surface area contributed by atoms with E-state index in [9.17, 15) is 4.79 Å². The normalized spacial score (nSPS) is 16.9. The molecule has 5 nitrogen and oxygen atoms in total. The third kappa shape index (κ3) is 3.85.